The van der Waals surface area contributed by atoms with Crippen LogP contribution in [0.1, 0.15) is 15.2 Å². The third-order valence-electron chi connectivity index (χ3n) is 8.85. The number of aromatic carboxylic acids is 1. The van der Waals surface area contributed by atoms with E-state index in [-0.39, 0.29) is 30.7 Å². The number of carboxylic acid groups (broad SMARTS) is 1. The van der Waals surface area contributed by atoms with Crippen LogP contribution in [0.2, 0.25) is 0 Å². The SMILES string of the molecule is Cl.Cl.Cn1c(-c2ccc(OCc3cc(NC(=O)CN4CCOCC4)ccc3N3CCOCC3)cc2)c(-c2ccccc2)c2sc(C(=O)O)cc21. The predicted molar refractivity (Wildman–Crippen MR) is 203 cm³/mol. The fourth-order valence-corrected chi connectivity index (χ4v) is 7.54. The molecule has 3 aromatic carbocycles. The van der Waals surface area contributed by atoms with E-state index in [2.05, 4.69) is 37.9 Å². The van der Waals surface area contributed by atoms with Gasteiger partial charge in [-0.1, -0.05) is 30.3 Å². The molecule has 264 valence electrons. The lowest BCUT2D eigenvalue weighted by atomic mass is 10.0. The van der Waals surface area contributed by atoms with Crippen molar-refractivity contribution in [1.29, 1.82) is 0 Å². The number of anilines is 2. The van der Waals surface area contributed by atoms with Crippen LogP contribution in [0, 0.1) is 0 Å². The summed E-state index contributed by atoms with van der Waals surface area (Å²) in [5.41, 5.74) is 7.74. The quantitative estimate of drug-likeness (QED) is 0.161. The lowest BCUT2D eigenvalue weighted by molar-refractivity contribution is -0.118. The summed E-state index contributed by atoms with van der Waals surface area (Å²) in [5.74, 6) is -0.247. The van der Waals surface area contributed by atoms with Crippen molar-refractivity contribution in [2.75, 3.05) is 69.4 Å². The number of rotatable bonds is 10. The second-order valence-electron chi connectivity index (χ2n) is 12.0. The molecule has 2 fully saturated rings. The lowest BCUT2D eigenvalue weighted by Gasteiger charge is -2.31. The van der Waals surface area contributed by atoms with Crippen molar-refractivity contribution in [3.63, 3.8) is 0 Å². The Balaban J connectivity index is 0.00000243. The molecular formula is C37H40Cl2N4O6S. The monoisotopic (exact) mass is 738 g/mol. The zero-order valence-electron chi connectivity index (χ0n) is 27.6. The Hall–Kier alpha value is -4.10. The normalized spacial score (nSPS) is 14.9. The molecule has 0 radical (unpaired) electrons. The topological polar surface area (TPSA) is 106 Å². The minimum atomic E-state index is -0.920. The van der Waals surface area contributed by atoms with Crippen molar-refractivity contribution < 1.29 is 28.9 Å². The summed E-state index contributed by atoms with van der Waals surface area (Å²) < 4.78 is 20.4. The van der Waals surface area contributed by atoms with E-state index in [0.717, 1.165) is 81.5 Å². The number of aryl methyl sites for hydroxylation is 1. The van der Waals surface area contributed by atoms with Crippen molar-refractivity contribution in [3.05, 3.63) is 89.3 Å². The van der Waals surface area contributed by atoms with Gasteiger partial charge in [0.1, 0.15) is 17.2 Å². The molecule has 0 saturated carbocycles. The Bertz CT molecular complexity index is 1920. The minimum absolute atomic E-state index is 0. The molecule has 2 aromatic heterocycles. The van der Waals surface area contributed by atoms with Crippen LogP contribution >= 0.6 is 36.2 Å². The second-order valence-corrected chi connectivity index (χ2v) is 13.0. The van der Waals surface area contributed by atoms with Gasteiger partial charge in [0, 0.05) is 55.7 Å². The predicted octanol–water partition coefficient (Wildman–Crippen LogP) is 6.80. The van der Waals surface area contributed by atoms with Crippen molar-refractivity contribution in [2.45, 2.75) is 6.61 Å². The van der Waals surface area contributed by atoms with E-state index in [1.165, 1.54) is 11.3 Å². The van der Waals surface area contributed by atoms with Crippen molar-refractivity contribution in [1.82, 2.24) is 9.47 Å². The molecule has 5 aromatic rings. The van der Waals surface area contributed by atoms with Crippen LogP contribution in [-0.2, 0) is 27.9 Å². The summed E-state index contributed by atoms with van der Waals surface area (Å²) in [5, 5.41) is 12.7. The molecule has 0 atom stereocenters. The average Bonchev–Trinajstić information content (AvgIpc) is 3.67. The fourth-order valence-electron chi connectivity index (χ4n) is 6.45. The number of benzene rings is 3. The lowest BCUT2D eigenvalue weighted by Crippen LogP contribution is -2.41. The van der Waals surface area contributed by atoms with Crippen LogP contribution < -0.4 is 15.0 Å². The van der Waals surface area contributed by atoms with Crippen molar-refractivity contribution in [2.24, 2.45) is 7.05 Å². The number of hydrogen-bond acceptors (Lipinski definition) is 8. The van der Waals surface area contributed by atoms with Gasteiger partial charge >= 0.3 is 5.97 Å². The van der Waals surface area contributed by atoms with Crippen molar-refractivity contribution in [3.8, 4) is 28.1 Å². The van der Waals surface area contributed by atoms with Gasteiger partial charge in [-0.05, 0) is 59.7 Å². The number of carboxylic acids is 1. The number of halogens is 2. The molecule has 2 saturated heterocycles. The molecule has 50 heavy (non-hydrogen) atoms. The first kappa shape index (κ1) is 37.2. The summed E-state index contributed by atoms with van der Waals surface area (Å²) in [7, 11) is 1.98. The Morgan fingerprint density at radius 1 is 0.860 bits per heavy atom. The Morgan fingerprint density at radius 2 is 1.54 bits per heavy atom. The van der Waals surface area contributed by atoms with Gasteiger partial charge in [-0.2, -0.15) is 0 Å². The molecule has 2 aliphatic rings. The first-order valence-corrected chi connectivity index (χ1v) is 17.0. The largest absolute Gasteiger partial charge is 0.489 e. The van der Waals surface area contributed by atoms with E-state index in [4.69, 9.17) is 14.2 Å². The Kier molecular flexibility index (Phi) is 12.4. The smallest absolute Gasteiger partial charge is 0.345 e. The number of carbonyl (C=O) groups excluding carboxylic acids is 1. The molecule has 1 amide bonds. The standard InChI is InChI=1S/C37H38N4O6S.2ClH/c1-39-31-22-32(37(43)44)48-36(31)34(25-5-3-2-4-6-25)35(39)26-7-10-29(11-8-26)47-24-27-21-28(9-12-30(27)41-15-19-46-20-16-41)38-33(42)23-40-13-17-45-18-14-40;;/h2-12,21-22H,13-20,23-24H2,1H3,(H,38,42)(H,43,44);2*1H. The summed E-state index contributed by atoms with van der Waals surface area (Å²) >= 11 is 1.30. The minimum Gasteiger partial charge on any atom is -0.489 e. The molecule has 10 nitrogen and oxygen atoms in total. The van der Waals surface area contributed by atoms with Crippen LogP contribution in [0.15, 0.2) is 78.9 Å². The Labute approximate surface area is 307 Å². The second kappa shape index (κ2) is 16.7. The van der Waals surface area contributed by atoms with Gasteiger partial charge in [0.15, 0.2) is 0 Å². The summed E-state index contributed by atoms with van der Waals surface area (Å²) in [6.45, 7) is 6.37. The molecule has 7 rings (SSSR count). The van der Waals surface area contributed by atoms with Gasteiger partial charge in [-0.3, -0.25) is 9.69 Å². The number of ether oxygens (including phenoxy) is 3. The van der Waals surface area contributed by atoms with E-state index in [0.29, 0.717) is 44.5 Å². The zero-order chi connectivity index (χ0) is 33.0. The highest BCUT2D eigenvalue weighted by Gasteiger charge is 2.23. The zero-order valence-corrected chi connectivity index (χ0v) is 30.1. The number of aromatic nitrogens is 1. The first-order valence-electron chi connectivity index (χ1n) is 16.1. The van der Waals surface area contributed by atoms with Crippen molar-refractivity contribution >= 4 is 69.6 Å². The molecule has 13 heteroatoms. The molecule has 4 heterocycles. The number of morpholine rings is 2. The number of amides is 1. The van der Waals surface area contributed by atoms with Gasteiger partial charge in [-0.15, -0.1) is 36.2 Å². The number of fused-ring (bicyclic) bond motifs is 1. The molecule has 2 aliphatic heterocycles. The number of nitrogens with zero attached hydrogens (tertiary/aromatic N) is 3. The maximum absolute atomic E-state index is 12.9. The van der Waals surface area contributed by atoms with Gasteiger partial charge < -0.3 is 34.1 Å². The third kappa shape index (κ3) is 8.10. The third-order valence-corrected chi connectivity index (χ3v) is 9.98. The van der Waals surface area contributed by atoms with Crippen LogP contribution in [0.25, 0.3) is 32.6 Å². The van der Waals surface area contributed by atoms with E-state index in [1.807, 2.05) is 61.6 Å². The Morgan fingerprint density at radius 3 is 2.22 bits per heavy atom. The number of nitrogens with one attached hydrogen (secondary N) is 1. The summed E-state index contributed by atoms with van der Waals surface area (Å²) in [6.07, 6.45) is 0. The molecular weight excluding hydrogens is 699 g/mol. The first-order chi connectivity index (χ1) is 23.4. The highest BCUT2D eigenvalue weighted by Crippen LogP contribution is 2.44. The average molecular weight is 740 g/mol. The number of hydrogen-bond donors (Lipinski definition) is 2. The molecule has 0 bridgehead atoms. The maximum atomic E-state index is 12.9. The molecule has 0 unspecified atom stereocenters. The van der Waals surface area contributed by atoms with Crippen LogP contribution in [0.5, 0.6) is 5.75 Å². The van der Waals surface area contributed by atoms with Gasteiger partial charge in [-0.25, -0.2) is 4.79 Å². The van der Waals surface area contributed by atoms with Gasteiger partial charge in [0.05, 0.1) is 48.9 Å². The maximum Gasteiger partial charge on any atom is 0.345 e. The highest BCUT2D eigenvalue weighted by atomic mass is 35.5. The molecule has 2 N–H and O–H groups in total. The van der Waals surface area contributed by atoms with Crippen LogP contribution in [0.4, 0.5) is 11.4 Å². The van der Waals surface area contributed by atoms with Gasteiger partial charge in [0.25, 0.3) is 0 Å². The summed E-state index contributed by atoms with van der Waals surface area (Å²) in [4.78, 5) is 29.4. The molecule has 0 spiro atoms. The van der Waals surface area contributed by atoms with Crippen LogP contribution in [0.3, 0.4) is 0 Å². The number of carbonyl (C=O) groups is 2. The van der Waals surface area contributed by atoms with E-state index >= 15 is 0 Å². The number of thiophene rings is 1. The van der Waals surface area contributed by atoms with E-state index in [9.17, 15) is 14.7 Å². The summed E-state index contributed by atoms with van der Waals surface area (Å²) in [6, 6.07) is 25.9. The van der Waals surface area contributed by atoms with Crippen LogP contribution in [-0.4, -0.2) is 85.6 Å². The van der Waals surface area contributed by atoms with E-state index in [1.54, 1.807) is 6.07 Å². The highest BCUT2D eigenvalue weighted by molar-refractivity contribution is 7.21. The molecule has 0 aliphatic carbocycles. The van der Waals surface area contributed by atoms with E-state index < -0.39 is 5.97 Å². The van der Waals surface area contributed by atoms with Gasteiger partial charge in [0.2, 0.25) is 5.91 Å². The fraction of sp³-hybridized carbons (Fsp3) is 0.297.